The van der Waals surface area contributed by atoms with Crippen LogP contribution in [-0.4, -0.2) is 47.1 Å². The molecule has 6 nitrogen and oxygen atoms in total. The van der Waals surface area contributed by atoms with Crippen molar-refractivity contribution >= 4 is 11.9 Å². The summed E-state index contributed by atoms with van der Waals surface area (Å²) in [5.74, 6) is -1.22. The molecule has 128 valence electrons. The van der Waals surface area contributed by atoms with Crippen molar-refractivity contribution in [2.24, 2.45) is 0 Å². The van der Waals surface area contributed by atoms with Gasteiger partial charge in [0.05, 0.1) is 5.56 Å². The number of nitrogens with zero attached hydrogens (tertiary/aromatic N) is 3. The summed E-state index contributed by atoms with van der Waals surface area (Å²) in [5.41, 5.74) is 3.39. The number of halogens is 3. The van der Waals surface area contributed by atoms with Crippen LogP contribution in [0.3, 0.4) is 0 Å². The van der Waals surface area contributed by atoms with E-state index in [1.54, 1.807) is 7.11 Å². The van der Waals surface area contributed by atoms with Crippen LogP contribution in [0.4, 0.5) is 19.1 Å². The molecule has 0 aliphatic carbocycles. The lowest BCUT2D eigenvalue weighted by Crippen LogP contribution is -2.45. The summed E-state index contributed by atoms with van der Waals surface area (Å²) >= 11 is 0. The molecule has 1 aromatic heterocycles. The fraction of sp³-hybridized carbons (Fsp3) is 0.643. The molecule has 9 heteroatoms. The Bertz CT molecular complexity index is 565. The molecule has 0 unspecified atom stereocenters. The number of nitrogens with two attached hydrogens (primary N) is 1. The number of rotatable bonds is 4. The molecule has 2 heterocycles. The summed E-state index contributed by atoms with van der Waals surface area (Å²) in [6.07, 6.45) is -0.893. The van der Waals surface area contributed by atoms with E-state index in [4.69, 9.17) is 10.5 Å². The summed E-state index contributed by atoms with van der Waals surface area (Å²) in [6.45, 7) is 0.855. The van der Waals surface area contributed by atoms with Crippen LogP contribution in [0.5, 0.6) is 0 Å². The zero-order valence-electron chi connectivity index (χ0n) is 12.8. The molecule has 0 spiro atoms. The molecule has 1 saturated heterocycles. The SMILES string of the molecule is COCC[C@@H]1CCCCN1C(=O)c1cnc(N)nc1C(F)(F)F. The van der Waals surface area contributed by atoms with Crippen LogP contribution in [0.25, 0.3) is 0 Å². The van der Waals surface area contributed by atoms with Gasteiger partial charge in [-0.3, -0.25) is 4.79 Å². The quantitative estimate of drug-likeness (QED) is 0.913. The van der Waals surface area contributed by atoms with E-state index in [0.29, 0.717) is 19.6 Å². The number of piperidine rings is 1. The smallest absolute Gasteiger partial charge is 0.385 e. The fourth-order valence-electron chi connectivity index (χ4n) is 2.74. The summed E-state index contributed by atoms with van der Waals surface area (Å²) < 4.78 is 44.4. The number of carbonyl (C=O) groups is 1. The highest BCUT2D eigenvalue weighted by molar-refractivity contribution is 5.95. The van der Waals surface area contributed by atoms with Crippen molar-refractivity contribution in [2.75, 3.05) is 26.0 Å². The average molecular weight is 332 g/mol. The monoisotopic (exact) mass is 332 g/mol. The van der Waals surface area contributed by atoms with Gasteiger partial charge < -0.3 is 15.4 Å². The molecule has 1 aromatic rings. The van der Waals surface area contributed by atoms with E-state index >= 15 is 0 Å². The molecule has 23 heavy (non-hydrogen) atoms. The Morgan fingerprint density at radius 2 is 2.22 bits per heavy atom. The summed E-state index contributed by atoms with van der Waals surface area (Å²) in [6, 6.07) is -0.144. The van der Waals surface area contributed by atoms with Crippen LogP contribution in [0, 0.1) is 0 Å². The van der Waals surface area contributed by atoms with Gasteiger partial charge in [-0.25, -0.2) is 9.97 Å². The average Bonchev–Trinajstić information content (AvgIpc) is 2.51. The summed E-state index contributed by atoms with van der Waals surface area (Å²) in [4.78, 5) is 20.8. The lowest BCUT2D eigenvalue weighted by Gasteiger charge is -2.36. The first-order chi connectivity index (χ1) is 10.8. The summed E-state index contributed by atoms with van der Waals surface area (Å²) in [5, 5.41) is 0. The van der Waals surface area contributed by atoms with E-state index in [0.717, 1.165) is 25.5 Å². The normalized spacial score (nSPS) is 19.0. The third-order valence-corrected chi connectivity index (χ3v) is 3.85. The lowest BCUT2D eigenvalue weighted by atomic mass is 9.98. The lowest BCUT2D eigenvalue weighted by molar-refractivity contribution is -0.141. The second-order valence-corrected chi connectivity index (χ2v) is 5.42. The van der Waals surface area contributed by atoms with Crippen LogP contribution in [-0.2, 0) is 10.9 Å². The molecule has 0 saturated carbocycles. The van der Waals surface area contributed by atoms with Crippen molar-refractivity contribution in [3.05, 3.63) is 17.5 Å². The van der Waals surface area contributed by atoms with Crippen LogP contribution >= 0.6 is 0 Å². The zero-order chi connectivity index (χ0) is 17.0. The number of amides is 1. The number of methoxy groups -OCH3 is 1. The predicted octanol–water partition coefficient (Wildman–Crippen LogP) is 2.11. The van der Waals surface area contributed by atoms with Gasteiger partial charge in [-0.05, 0) is 25.7 Å². The van der Waals surface area contributed by atoms with Gasteiger partial charge in [0.15, 0.2) is 5.69 Å². The molecule has 2 N–H and O–H groups in total. The van der Waals surface area contributed by atoms with Gasteiger partial charge in [0.2, 0.25) is 5.95 Å². The maximum Gasteiger partial charge on any atom is 0.434 e. The molecular formula is C14H19F3N4O2. The Labute approximate surface area is 131 Å². The van der Waals surface area contributed by atoms with Crippen molar-refractivity contribution in [3.63, 3.8) is 0 Å². The first-order valence-corrected chi connectivity index (χ1v) is 7.34. The van der Waals surface area contributed by atoms with Crippen molar-refractivity contribution in [1.29, 1.82) is 0 Å². The van der Waals surface area contributed by atoms with E-state index in [1.807, 2.05) is 0 Å². The van der Waals surface area contributed by atoms with Crippen LogP contribution in [0.2, 0.25) is 0 Å². The van der Waals surface area contributed by atoms with Gasteiger partial charge in [-0.1, -0.05) is 0 Å². The van der Waals surface area contributed by atoms with Gasteiger partial charge in [-0.2, -0.15) is 13.2 Å². The van der Waals surface area contributed by atoms with Gasteiger partial charge in [-0.15, -0.1) is 0 Å². The predicted molar refractivity (Wildman–Crippen MR) is 76.6 cm³/mol. The van der Waals surface area contributed by atoms with Crippen molar-refractivity contribution < 1.29 is 22.7 Å². The third kappa shape index (κ3) is 4.10. The number of ether oxygens (including phenoxy) is 1. The van der Waals surface area contributed by atoms with E-state index in [1.165, 1.54) is 4.90 Å². The Balaban J connectivity index is 2.31. The van der Waals surface area contributed by atoms with E-state index in [9.17, 15) is 18.0 Å². The maximum atomic E-state index is 13.1. The minimum Gasteiger partial charge on any atom is -0.385 e. The molecule has 0 aromatic carbocycles. The molecule has 0 bridgehead atoms. The van der Waals surface area contributed by atoms with E-state index < -0.39 is 29.3 Å². The number of aromatic nitrogens is 2. The number of alkyl halides is 3. The second-order valence-electron chi connectivity index (χ2n) is 5.42. The Morgan fingerprint density at radius 1 is 1.48 bits per heavy atom. The van der Waals surface area contributed by atoms with Gasteiger partial charge >= 0.3 is 6.18 Å². The first-order valence-electron chi connectivity index (χ1n) is 7.34. The van der Waals surface area contributed by atoms with Crippen LogP contribution in [0.1, 0.15) is 41.7 Å². The Hall–Kier alpha value is -1.90. The molecule has 0 radical (unpaired) electrons. The standard InChI is InChI=1S/C14H19F3N4O2/c1-23-7-5-9-4-2-3-6-21(9)12(22)10-8-19-13(18)20-11(10)14(15,16)17/h8-9H,2-7H2,1H3,(H2,18,19,20)/t9-/m0/s1. The van der Waals surface area contributed by atoms with Crippen LogP contribution in [0.15, 0.2) is 6.20 Å². The highest BCUT2D eigenvalue weighted by Gasteiger charge is 2.40. The van der Waals surface area contributed by atoms with Gasteiger partial charge in [0, 0.05) is 32.5 Å². The Kier molecular flexibility index (Phi) is 5.40. The second kappa shape index (κ2) is 7.12. The van der Waals surface area contributed by atoms with E-state index in [2.05, 4.69) is 9.97 Å². The minimum absolute atomic E-state index is 0.144. The van der Waals surface area contributed by atoms with Crippen molar-refractivity contribution in [1.82, 2.24) is 14.9 Å². The number of likely N-dealkylation sites (tertiary alicyclic amines) is 1. The number of anilines is 1. The molecule has 1 fully saturated rings. The molecule has 1 amide bonds. The summed E-state index contributed by atoms with van der Waals surface area (Å²) in [7, 11) is 1.55. The molecule has 1 aliphatic heterocycles. The first kappa shape index (κ1) is 17.5. The number of hydrogen-bond donors (Lipinski definition) is 1. The topological polar surface area (TPSA) is 81.3 Å². The molecule has 1 atom stereocenters. The molecule has 2 rings (SSSR count). The fourth-order valence-corrected chi connectivity index (χ4v) is 2.74. The molecule has 1 aliphatic rings. The number of hydrogen-bond acceptors (Lipinski definition) is 5. The number of carbonyl (C=O) groups excluding carboxylic acids is 1. The van der Waals surface area contributed by atoms with Crippen molar-refractivity contribution in [3.8, 4) is 0 Å². The Morgan fingerprint density at radius 3 is 2.87 bits per heavy atom. The van der Waals surface area contributed by atoms with Gasteiger partial charge in [0.1, 0.15) is 0 Å². The highest BCUT2D eigenvalue weighted by atomic mass is 19.4. The minimum atomic E-state index is -4.76. The number of nitrogen functional groups attached to an aromatic ring is 1. The highest BCUT2D eigenvalue weighted by Crippen LogP contribution is 2.32. The zero-order valence-corrected chi connectivity index (χ0v) is 12.8. The molecular weight excluding hydrogens is 313 g/mol. The van der Waals surface area contributed by atoms with Crippen LogP contribution < -0.4 is 5.73 Å². The largest absolute Gasteiger partial charge is 0.434 e. The third-order valence-electron chi connectivity index (χ3n) is 3.85. The van der Waals surface area contributed by atoms with Gasteiger partial charge in [0.25, 0.3) is 5.91 Å². The van der Waals surface area contributed by atoms with E-state index in [-0.39, 0.29) is 6.04 Å². The maximum absolute atomic E-state index is 13.1. The van der Waals surface area contributed by atoms with Crippen molar-refractivity contribution in [2.45, 2.75) is 37.9 Å².